The Hall–Kier alpha value is -1.36. The first kappa shape index (κ1) is 12.1. The minimum atomic E-state index is -0.616. The van der Waals surface area contributed by atoms with Gasteiger partial charge < -0.3 is 11.1 Å². The monoisotopic (exact) mass is 236 g/mol. The van der Waals surface area contributed by atoms with E-state index in [1.807, 2.05) is 19.4 Å². The molecular formula is C12H20N4O. The Balaban J connectivity index is 1.77. The number of nitrogens with two attached hydrogens (primary N) is 1. The van der Waals surface area contributed by atoms with Gasteiger partial charge in [0.05, 0.1) is 11.7 Å². The fourth-order valence-electron chi connectivity index (χ4n) is 2.33. The molecule has 0 unspecified atom stereocenters. The van der Waals surface area contributed by atoms with Gasteiger partial charge in [0.1, 0.15) is 0 Å². The Morgan fingerprint density at radius 1 is 1.59 bits per heavy atom. The predicted octanol–water partition coefficient (Wildman–Crippen LogP) is 0.350. The van der Waals surface area contributed by atoms with Gasteiger partial charge in [-0.2, -0.15) is 5.10 Å². The second-order valence-electron chi connectivity index (χ2n) is 4.89. The van der Waals surface area contributed by atoms with Gasteiger partial charge in [-0.05, 0) is 24.8 Å². The van der Waals surface area contributed by atoms with Gasteiger partial charge in [0.25, 0.3) is 0 Å². The molecule has 0 radical (unpaired) electrons. The van der Waals surface area contributed by atoms with Gasteiger partial charge in [-0.1, -0.05) is 12.8 Å². The molecule has 1 fully saturated rings. The standard InChI is InChI=1S/C12H20N4O/c1-16-9-10(8-15-16)4-7-14-11(17)12(13)5-2-3-6-12/h8-9H,2-7,13H2,1H3,(H,14,17). The maximum absolute atomic E-state index is 11.9. The maximum Gasteiger partial charge on any atom is 0.240 e. The molecule has 17 heavy (non-hydrogen) atoms. The minimum absolute atomic E-state index is 0.00103. The second-order valence-corrected chi connectivity index (χ2v) is 4.89. The lowest BCUT2D eigenvalue weighted by atomic mass is 9.98. The number of hydrogen-bond donors (Lipinski definition) is 2. The van der Waals surface area contributed by atoms with E-state index in [9.17, 15) is 4.79 Å². The summed E-state index contributed by atoms with van der Waals surface area (Å²) in [4.78, 5) is 11.9. The third-order valence-electron chi connectivity index (χ3n) is 3.41. The van der Waals surface area contributed by atoms with Crippen LogP contribution in [0.1, 0.15) is 31.2 Å². The van der Waals surface area contributed by atoms with E-state index < -0.39 is 5.54 Å². The Kier molecular flexibility index (Phi) is 3.47. The number of aromatic nitrogens is 2. The highest BCUT2D eigenvalue weighted by Gasteiger charge is 2.36. The van der Waals surface area contributed by atoms with Gasteiger partial charge in [-0.15, -0.1) is 0 Å². The van der Waals surface area contributed by atoms with Gasteiger partial charge in [-0.3, -0.25) is 9.48 Å². The number of nitrogens with zero attached hydrogens (tertiary/aromatic N) is 2. The summed E-state index contributed by atoms with van der Waals surface area (Å²) in [6.07, 6.45) is 8.33. The van der Waals surface area contributed by atoms with Crippen LogP contribution in [0.25, 0.3) is 0 Å². The highest BCUT2D eigenvalue weighted by Crippen LogP contribution is 2.27. The smallest absolute Gasteiger partial charge is 0.240 e. The fourth-order valence-corrected chi connectivity index (χ4v) is 2.33. The molecule has 3 N–H and O–H groups in total. The molecule has 1 aromatic rings. The number of nitrogens with one attached hydrogen (secondary N) is 1. The molecule has 94 valence electrons. The first-order valence-corrected chi connectivity index (χ1v) is 6.15. The fraction of sp³-hybridized carbons (Fsp3) is 0.667. The molecule has 1 aliphatic rings. The molecular weight excluding hydrogens is 216 g/mol. The molecule has 5 heteroatoms. The molecule has 0 atom stereocenters. The van der Waals surface area contributed by atoms with Crippen LogP contribution in [-0.4, -0.2) is 27.8 Å². The summed E-state index contributed by atoms with van der Waals surface area (Å²) >= 11 is 0. The van der Waals surface area contributed by atoms with Gasteiger partial charge in [0, 0.05) is 19.8 Å². The zero-order valence-electron chi connectivity index (χ0n) is 10.3. The van der Waals surface area contributed by atoms with Crippen LogP contribution in [0.4, 0.5) is 0 Å². The first-order chi connectivity index (χ1) is 8.10. The third kappa shape index (κ3) is 2.85. The number of amides is 1. The topological polar surface area (TPSA) is 72.9 Å². The van der Waals surface area contributed by atoms with Gasteiger partial charge >= 0.3 is 0 Å². The van der Waals surface area contributed by atoms with Crippen molar-refractivity contribution in [1.82, 2.24) is 15.1 Å². The van der Waals surface area contributed by atoms with E-state index in [0.29, 0.717) is 6.54 Å². The number of rotatable bonds is 4. The van der Waals surface area contributed by atoms with Crippen LogP contribution in [0.2, 0.25) is 0 Å². The lowest BCUT2D eigenvalue weighted by molar-refractivity contribution is -0.126. The van der Waals surface area contributed by atoms with E-state index in [1.54, 1.807) is 4.68 Å². The molecule has 1 heterocycles. The van der Waals surface area contributed by atoms with Crippen molar-refractivity contribution in [3.8, 4) is 0 Å². The van der Waals surface area contributed by atoms with Gasteiger partial charge in [0.2, 0.25) is 5.91 Å². The summed E-state index contributed by atoms with van der Waals surface area (Å²) < 4.78 is 1.76. The van der Waals surface area contributed by atoms with Crippen LogP contribution in [0, 0.1) is 0 Å². The van der Waals surface area contributed by atoms with E-state index in [4.69, 9.17) is 5.73 Å². The molecule has 1 aromatic heterocycles. The number of carbonyl (C=O) groups is 1. The maximum atomic E-state index is 11.9. The average Bonchev–Trinajstić information content (AvgIpc) is 2.89. The quantitative estimate of drug-likeness (QED) is 0.792. The van der Waals surface area contributed by atoms with Crippen molar-refractivity contribution in [3.05, 3.63) is 18.0 Å². The summed E-state index contributed by atoms with van der Waals surface area (Å²) in [5.41, 5.74) is 6.57. The first-order valence-electron chi connectivity index (χ1n) is 6.15. The van der Waals surface area contributed by atoms with Crippen molar-refractivity contribution in [2.24, 2.45) is 12.8 Å². The Morgan fingerprint density at radius 3 is 2.88 bits per heavy atom. The summed E-state index contributed by atoms with van der Waals surface area (Å²) in [5.74, 6) is -0.00103. The number of hydrogen-bond acceptors (Lipinski definition) is 3. The molecule has 1 aliphatic carbocycles. The summed E-state index contributed by atoms with van der Waals surface area (Å²) in [6.45, 7) is 0.628. The van der Waals surface area contributed by atoms with Crippen molar-refractivity contribution in [2.45, 2.75) is 37.6 Å². The number of carbonyl (C=O) groups excluding carboxylic acids is 1. The van der Waals surface area contributed by atoms with Crippen molar-refractivity contribution in [3.63, 3.8) is 0 Å². The van der Waals surface area contributed by atoms with Crippen LogP contribution < -0.4 is 11.1 Å². The van der Waals surface area contributed by atoms with E-state index in [1.165, 1.54) is 0 Å². The molecule has 2 rings (SSSR count). The lowest BCUT2D eigenvalue weighted by Gasteiger charge is -2.22. The second kappa shape index (κ2) is 4.87. The Bertz CT molecular complexity index is 393. The van der Waals surface area contributed by atoms with Gasteiger partial charge in [-0.25, -0.2) is 0 Å². The van der Waals surface area contributed by atoms with Crippen molar-refractivity contribution < 1.29 is 4.79 Å². The van der Waals surface area contributed by atoms with Crippen LogP contribution in [0.5, 0.6) is 0 Å². The summed E-state index contributed by atoms with van der Waals surface area (Å²) in [6, 6.07) is 0. The SMILES string of the molecule is Cn1cc(CCNC(=O)C2(N)CCCC2)cn1. The van der Waals surface area contributed by atoms with Crippen LogP contribution in [0.3, 0.4) is 0 Å². The molecule has 5 nitrogen and oxygen atoms in total. The molecule has 0 aromatic carbocycles. The Morgan fingerprint density at radius 2 is 2.29 bits per heavy atom. The molecule has 0 saturated heterocycles. The summed E-state index contributed by atoms with van der Waals surface area (Å²) in [5, 5.41) is 7.01. The van der Waals surface area contributed by atoms with E-state index in [2.05, 4.69) is 10.4 Å². The normalized spacial score (nSPS) is 18.2. The van der Waals surface area contributed by atoms with Crippen molar-refractivity contribution >= 4 is 5.91 Å². The van der Waals surface area contributed by atoms with Crippen molar-refractivity contribution in [2.75, 3.05) is 6.54 Å². The highest BCUT2D eigenvalue weighted by molar-refractivity contribution is 5.86. The van der Waals surface area contributed by atoms with Crippen LogP contribution >= 0.6 is 0 Å². The van der Waals surface area contributed by atoms with E-state index in [0.717, 1.165) is 37.7 Å². The molecule has 0 spiro atoms. The largest absolute Gasteiger partial charge is 0.354 e. The average molecular weight is 236 g/mol. The zero-order valence-corrected chi connectivity index (χ0v) is 10.3. The molecule has 1 saturated carbocycles. The molecule has 0 bridgehead atoms. The zero-order chi connectivity index (χ0) is 12.3. The minimum Gasteiger partial charge on any atom is -0.354 e. The predicted molar refractivity (Wildman–Crippen MR) is 65.3 cm³/mol. The lowest BCUT2D eigenvalue weighted by Crippen LogP contribution is -2.52. The number of aryl methyl sites for hydroxylation is 1. The van der Waals surface area contributed by atoms with E-state index in [-0.39, 0.29) is 5.91 Å². The van der Waals surface area contributed by atoms with Gasteiger partial charge in [0.15, 0.2) is 0 Å². The summed E-state index contributed by atoms with van der Waals surface area (Å²) in [7, 11) is 1.88. The Labute approximate surface area is 101 Å². The van der Waals surface area contributed by atoms with E-state index >= 15 is 0 Å². The van der Waals surface area contributed by atoms with Crippen LogP contribution in [0.15, 0.2) is 12.4 Å². The molecule has 0 aliphatic heterocycles. The molecule has 1 amide bonds. The third-order valence-corrected chi connectivity index (χ3v) is 3.41. The highest BCUT2D eigenvalue weighted by atomic mass is 16.2. The van der Waals surface area contributed by atoms with Crippen molar-refractivity contribution in [1.29, 1.82) is 0 Å². The van der Waals surface area contributed by atoms with Crippen LogP contribution in [-0.2, 0) is 18.3 Å².